The Morgan fingerprint density at radius 1 is 1.24 bits per heavy atom. The molecule has 2 aromatic heterocycles. The fourth-order valence-corrected chi connectivity index (χ4v) is 2.51. The number of carboxylic acids is 1. The smallest absolute Gasteiger partial charge is 0.303 e. The van der Waals surface area contributed by atoms with E-state index in [0.29, 0.717) is 30.1 Å². The van der Waals surface area contributed by atoms with Gasteiger partial charge in [-0.25, -0.2) is 0 Å². The third-order valence-electron chi connectivity index (χ3n) is 3.70. The summed E-state index contributed by atoms with van der Waals surface area (Å²) in [7, 11) is 0. The van der Waals surface area contributed by atoms with Crippen LogP contribution >= 0.6 is 0 Å². The van der Waals surface area contributed by atoms with E-state index in [-0.39, 0.29) is 12.4 Å². The maximum atomic E-state index is 10.6. The van der Waals surface area contributed by atoms with Crippen molar-refractivity contribution in [3.05, 3.63) is 36.0 Å². The third kappa shape index (κ3) is 3.94. The number of nitrogens with zero attached hydrogens (tertiary/aromatic N) is 4. The number of anilines is 4. The van der Waals surface area contributed by atoms with Gasteiger partial charge in [-0.3, -0.25) is 4.79 Å². The monoisotopic (exact) mass is 341 g/mol. The first-order valence-electron chi connectivity index (χ1n) is 7.87. The number of fused-ring (bicyclic) bond motifs is 1. The van der Waals surface area contributed by atoms with E-state index < -0.39 is 5.97 Å². The summed E-state index contributed by atoms with van der Waals surface area (Å²) in [6.45, 7) is 0. The Bertz CT molecular complexity index is 907. The standard InChI is InChI=1S/C16H19N7O2/c17-11-5-3-6-12(8-11)20-16-21-14-10(4-1-2-7-13(24)25)9-19-23(14)15(18)22-16/h3,5-6,8-9H,1-2,4,7,17H2,(H,24,25)(H3,18,20,21,22). The summed E-state index contributed by atoms with van der Waals surface area (Å²) >= 11 is 0. The number of nitrogens with one attached hydrogen (secondary N) is 1. The van der Waals surface area contributed by atoms with E-state index in [0.717, 1.165) is 17.7 Å². The molecule has 0 aliphatic rings. The molecule has 0 aliphatic heterocycles. The first-order chi connectivity index (χ1) is 12.0. The van der Waals surface area contributed by atoms with Crippen LogP contribution in [0.5, 0.6) is 0 Å². The molecule has 0 aliphatic carbocycles. The highest BCUT2D eigenvalue weighted by Gasteiger charge is 2.11. The van der Waals surface area contributed by atoms with Crippen LogP contribution in [0.25, 0.3) is 5.65 Å². The average Bonchev–Trinajstić information content (AvgIpc) is 2.95. The summed E-state index contributed by atoms with van der Waals surface area (Å²) in [4.78, 5) is 19.3. The number of hydrogen-bond acceptors (Lipinski definition) is 7. The van der Waals surface area contributed by atoms with Crippen LogP contribution in [-0.4, -0.2) is 30.7 Å². The Labute approximate surface area is 143 Å². The predicted molar refractivity (Wildman–Crippen MR) is 94.5 cm³/mol. The fourth-order valence-electron chi connectivity index (χ4n) is 2.51. The minimum atomic E-state index is -0.792. The lowest BCUT2D eigenvalue weighted by Crippen LogP contribution is -2.07. The number of hydrogen-bond donors (Lipinski definition) is 4. The highest BCUT2D eigenvalue weighted by Crippen LogP contribution is 2.20. The van der Waals surface area contributed by atoms with E-state index >= 15 is 0 Å². The van der Waals surface area contributed by atoms with Crippen LogP contribution in [0.15, 0.2) is 30.5 Å². The largest absolute Gasteiger partial charge is 0.481 e. The molecular formula is C16H19N7O2. The van der Waals surface area contributed by atoms with Crippen LogP contribution in [0, 0.1) is 0 Å². The number of nitrogens with two attached hydrogens (primary N) is 2. The van der Waals surface area contributed by atoms with Gasteiger partial charge in [0.05, 0.1) is 6.20 Å². The molecule has 9 heteroatoms. The van der Waals surface area contributed by atoms with Gasteiger partial charge >= 0.3 is 5.97 Å². The van der Waals surface area contributed by atoms with E-state index in [1.165, 1.54) is 4.52 Å². The fraction of sp³-hybridized carbons (Fsp3) is 0.250. The van der Waals surface area contributed by atoms with Crippen molar-refractivity contribution in [1.82, 2.24) is 19.6 Å². The summed E-state index contributed by atoms with van der Waals surface area (Å²) in [5.41, 5.74) is 14.6. The summed E-state index contributed by atoms with van der Waals surface area (Å²) in [5, 5.41) is 16.0. The van der Waals surface area contributed by atoms with E-state index in [4.69, 9.17) is 16.6 Å². The van der Waals surface area contributed by atoms with Crippen molar-refractivity contribution in [2.75, 3.05) is 16.8 Å². The quantitative estimate of drug-likeness (QED) is 0.376. The molecule has 0 fully saturated rings. The van der Waals surface area contributed by atoms with E-state index in [1.807, 2.05) is 12.1 Å². The molecule has 130 valence electrons. The highest BCUT2D eigenvalue weighted by molar-refractivity contribution is 5.66. The number of benzene rings is 1. The molecule has 6 N–H and O–H groups in total. The van der Waals surface area contributed by atoms with Crippen molar-refractivity contribution < 1.29 is 9.90 Å². The molecule has 25 heavy (non-hydrogen) atoms. The minimum Gasteiger partial charge on any atom is -0.481 e. The van der Waals surface area contributed by atoms with Crippen LogP contribution in [0.1, 0.15) is 24.8 Å². The van der Waals surface area contributed by atoms with Gasteiger partial charge in [0.1, 0.15) is 0 Å². The Kier molecular flexibility index (Phi) is 4.64. The average molecular weight is 341 g/mol. The Hall–Kier alpha value is -3.36. The molecule has 0 spiro atoms. The number of aliphatic carboxylic acids is 1. The van der Waals surface area contributed by atoms with Gasteiger partial charge in [-0.05, 0) is 37.5 Å². The van der Waals surface area contributed by atoms with Crippen molar-refractivity contribution in [3.8, 4) is 0 Å². The maximum absolute atomic E-state index is 10.6. The zero-order valence-corrected chi connectivity index (χ0v) is 13.5. The normalized spacial score (nSPS) is 10.9. The van der Waals surface area contributed by atoms with Gasteiger partial charge in [-0.2, -0.15) is 19.6 Å². The first kappa shape index (κ1) is 16.5. The zero-order valence-electron chi connectivity index (χ0n) is 13.5. The number of nitrogen functional groups attached to an aromatic ring is 2. The summed E-state index contributed by atoms with van der Waals surface area (Å²) in [6, 6.07) is 7.23. The molecular weight excluding hydrogens is 322 g/mol. The molecule has 1 aromatic carbocycles. The zero-order chi connectivity index (χ0) is 17.8. The molecule has 0 saturated carbocycles. The predicted octanol–water partition coefficient (Wildman–Crippen LogP) is 1.83. The summed E-state index contributed by atoms with van der Waals surface area (Å²) < 4.78 is 1.47. The van der Waals surface area contributed by atoms with Gasteiger partial charge in [-0.15, -0.1) is 0 Å². The van der Waals surface area contributed by atoms with Gasteiger partial charge in [0.15, 0.2) is 5.65 Å². The van der Waals surface area contributed by atoms with Gasteiger partial charge in [0.2, 0.25) is 11.9 Å². The molecule has 0 bridgehead atoms. The van der Waals surface area contributed by atoms with Crippen LogP contribution in [0.3, 0.4) is 0 Å². The molecule has 3 aromatic rings. The van der Waals surface area contributed by atoms with Gasteiger partial charge in [-0.1, -0.05) is 6.07 Å². The highest BCUT2D eigenvalue weighted by atomic mass is 16.4. The van der Waals surface area contributed by atoms with E-state index in [9.17, 15) is 4.79 Å². The van der Waals surface area contributed by atoms with Gasteiger partial charge in [0.25, 0.3) is 0 Å². The molecule has 9 nitrogen and oxygen atoms in total. The number of rotatable bonds is 7. The maximum Gasteiger partial charge on any atom is 0.303 e. The van der Waals surface area contributed by atoms with Crippen molar-refractivity contribution >= 4 is 34.9 Å². The second-order valence-electron chi connectivity index (χ2n) is 5.66. The topological polar surface area (TPSA) is 144 Å². The second-order valence-corrected chi connectivity index (χ2v) is 5.66. The summed E-state index contributed by atoms with van der Waals surface area (Å²) in [6.07, 6.45) is 3.84. The van der Waals surface area contributed by atoms with Gasteiger partial charge < -0.3 is 21.9 Å². The van der Waals surface area contributed by atoms with Crippen molar-refractivity contribution in [1.29, 1.82) is 0 Å². The molecule has 0 amide bonds. The van der Waals surface area contributed by atoms with Crippen molar-refractivity contribution in [3.63, 3.8) is 0 Å². The Balaban J connectivity index is 1.81. The molecule has 0 saturated heterocycles. The second kappa shape index (κ2) is 7.04. The number of unbranched alkanes of at least 4 members (excludes halogenated alkanes) is 1. The molecule has 2 heterocycles. The van der Waals surface area contributed by atoms with Crippen molar-refractivity contribution in [2.45, 2.75) is 25.7 Å². The SMILES string of the molecule is Nc1cccc(Nc2nc(N)n3ncc(CCCCC(=O)O)c3n2)c1. The van der Waals surface area contributed by atoms with Crippen molar-refractivity contribution in [2.24, 2.45) is 0 Å². The lowest BCUT2D eigenvalue weighted by Gasteiger charge is -2.07. The van der Waals surface area contributed by atoms with E-state index in [1.54, 1.807) is 18.3 Å². The van der Waals surface area contributed by atoms with Crippen LogP contribution in [-0.2, 0) is 11.2 Å². The number of carbonyl (C=O) groups is 1. The minimum absolute atomic E-state index is 0.151. The summed E-state index contributed by atoms with van der Waals surface area (Å²) in [5.74, 6) is -0.226. The molecule has 0 atom stereocenters. The molecule has 0 unspecified atom stereocenters. The lowest BCUT2D eigenvalue weighted by atomic mass is 10.1. The molecule has 3 rings (SSSR count). The first-order valence-corrected chi connectivity index (χ1v) is 7.87. The Morgan fingerprint density at radius 2 is 2.08 bits per heavy atom. The Morgan fingerprint density at radius 3 is 2.84 bits per heavy atom. The number of aryl methyl sites for hydroxylation is 1. The number of carboxylic acid groups (broad SMARTS) is 1. The molecule has 0 radical (unpaired) electrons. The third-order valence-corrected chi connectivity index (χ3v) is 3.70. The van der Waals surface area contributed by atoms with Crippen LogP contribution in [0.4, 0.5) is 23.3 Å². The van der Waals surface area contributed by atoms with Crippen LogP contribution < -0.4 is 16.8 Å². The lowest BCUT2D eigenvalue weighted by molar-refractivity contribution is -0.137. The number of aromatic nitrogens is 4. The van der Waals surface area contributed by atoms with Gasteiger partial charge in [0, 0.05) is 23.4 Å². The van der Waals surface area contributed by atoms with Crippen LogP contribution in [0.2, 0.25) is 0 Å². The van der Waals surface area contributed by atoms with E-state index in [2.05, 4.69) is 20.4 Å².